The van der Waals surface area contributed by atoms with Gasteiger partial charge in [0, 0.05) is 24.1 Å². The zero-order valence-electron chi connectivity index (χ0n) is 12.1. The van der Waals surface area contributed by atoms with E-state index in [1.807, 2.05) is 23.7 Å². The van der Waals surface area contributed by atoms with Gasteiger partial charge in [-0.25, -0.2) is 9.97 Å². The molecule has 0 unspecified atom stereocenters. The molecule has 0 aliphatic carbocycles. The highest BCUT2D eigenvalue weighted by Crippen LogP contribution is 2.29. The van der Waals surface area contributed by atoms with Crippen molar-refractivity contribution < 1.29 is 0 Å². The molecule has 0 bridgehead atoms. The average molecular weight is 270 g/mol. The number of nitrogens with one attached hydrogen (secondary N) is 2. The Morgan fingerprint density at radius 2 is 2.05 bits per heavy atom. The second kappa shape index (κ2) is 4.33. The highest BCUT2D eigenvalue weighted by atomic mass is 15.2. The van der Waals surface area contributed by atoms with Crippen LogP contribution >= 0.6 is 0 Å². The molecule has 0 aliphatic heterocycles. The maximum Gasteiger partial charge on any atom is 0.157 e. The number of fused-ring (bicyclic) bond motifs is 1. The molecule has 6 heteroatoms. The predicted molar refractivity (Wildman–Crippen MR) is 78.7 cm³/mol. The number of hydrogen-bond acceptors (Lipinski definition) is 4. The maximum atomic E-state index is 4.64. The SMILES string of the molecule is Cc1nc(-c2nc3cnccn3c2NC(C)(C)C)c[nH]1. The van der Waals surface area contributed by atoms with E-state index in [9.17, 15) is 0 Å². The monoisotopic (exact) mass is 270 g/mol. The van der Waals surface area contributed by atoms with Crippen LogP contribution in [0.1, 0.15) is 26.6 Å². The van der Waals surface area contributed by atoms with Gasteiger partial charge in [-0.15, -0.1) is 0 Å². The molecule has 3 aromatic rings. The van der Waals surface area contributed by atoms with Gasteiger partial charge in [0.1, 0.15) is 23.0 Å². The van der Waals surface area contributed by atoms with Crippen molar-refractivity contribution in [3.8, 4) is 11.4 Å². The Morgan fingerprint density at radius 3 is 2.70 bits per heavy atom. The number of aryl methyl sites for hydroxylation is 1. The van der Waals surface area contributed by atoms with Crippen molar-refractivity contribution >= 4 is 11.5 Å². The molecule has 0 aliphatic rings. The largest absolute Gasteiger partial charge is 0.365 e. The van der Waals surface area contributed by atoms with Crippen LogP contribution in [0.2, 0.25) is 0 Å². The first-order chi connectivity index (χ1) is 9.44. The Balaban J connectivity index is 2.22. The van der Waals surface area contributed by atoms with Crippen LogP contribution in [0.4, 0.5) is 5.82 Å². The second-order valence-electron chi connectivity index (χ2n) is 5.86. The van der Waals surface area contributed by atoms with E-state index in [-0.39, 0.29) is 5.54 Å². The lowest BCUT2D eigenvalue weighted by Gasteiger charge is -2.22. The summed E-state index contributed by atoms with van der Waals surface area (Å²) in [4.78, 5) is 16.3. The average Bonchev–Trinajstić information content (AvgIpc) is 2.93. The zero-order valence-corrected chi connectivity index (χ0v) is 12.1. The Hall–Kier alpha value is -2.37. The molecule has 6 nitrogen and oxygen atoms in total. The maximum absolute atomic E-state index is 4.64. The third-order valence-corrected chi connectivity index (χ3v) is 2.87. The smallest absolute Gasteiger partial charge is 0.157 e. The fourth-order valence-electron chi connectivity index (χ4n) is 2.10. The molecule has 0 amide bonds. The molecule has 0 spiro atoms. The fourth-order valence-corrected chi connectivity index (χ4v) is 2.10. The highest BCUT2D eigenvalue weighted by molar-refractivity contribution is 5.74. The minimum absolute atomic E-state index is 0.0701. The van der Waals surface area contributed by atoms with Gasteiger partial charge in [-0.05, 0) is 27.7 Å². The molecule has 3 aromatic heterocycles. The van der Waals surface area contributed by atoms with Crippen LogP contribution in [0.3, 0.4) is 0 Å². The number of nitrogens with zero attached hydrogens (tertiary/aromatic N) is 4. The fraction of sp³-hybridized carbons (Fsp3) is 0.357. The first-order valence-electron chi connectivity index (χ1n) is 6.57. The molecule has 0 atom stereocenters. The summed E-state index contributed by atoms with van der Waals surface area (Å²) in [7, 11) is 0. The first kappa shape index (κ1) is 12.7. The molecule has 104 valence electrons. The molecule has 0 saturated heterocycles. The molecule has 20 heavy (non-hydrogen) atoms. The Bertz CT molecular complexity index is 746. The molecular weight excluding hydrogens is 252 g/mol. The molecule has 0 radical (unpaired) electrons. The number of hydrogen-bond donors (Lipinski definition) is 2. The van der Waals surface area contributed by atoms with Crippen LogP contribution in [0.15, 0.2) is 24.8 Å². The third kappa shape index (κ3) is 2.24. The summed E-state index contributed by atoms with van der Waals surface area (Å²) in [5.41, 5.74) is 2.39. The topological polar surface area (TPSA) is 70.9 Å². The Labute approximate surface area is 117 Å². The number of aromatic nitrogens is 5. The van der Waals surface area contributed by atoms with Gasteiger partial charge in [-0.3, -0.25) is 9.38 Å². The van der Waals surface area contributed by atoms with E-state index in [0.29, 0.717) is 0 Å². The number of imidazole rings is 2. The second-order valence-corrected chi connectivity index (χ2v) is 5.86. The Morgan fingerprint density at radius 1 is 1.25 bits per heavy atom. The van der Waals surface area contributed by atoms with E-state index in [1.54, 1.807) is 12.4 Å². The molecule has 3 heterocycles. The van der Waals surface area contributed by atoms with Crippen LogP contribution in [-0.4, -0.2) is 29.9 Å². The van der Waals surface area contributed by atoms with E-state index in [4.69, 9.17) is 0 Å². The lowest BCUT2D eigenvalue weighted by Crippen LogP contribution is -2.27. The van der Waals surface area contributed by atoms with Gasteiger partial charge in [-0.2, -0.15) is 0 Å². The summed E-state index contributed by atoms with van der Waals surface area (Å²) < 4.78 is 2.00. The molecule has 0 fully saturated rings. The van der Waals surface area contributed by atoms with E-state index in [0.717, 1.165) is 28.7 Å². The summed E-state index contributed by atoms with van der Waals surface area (Å²) in [6.07, 6.45) is 7.27. The van der Waals surface area contributed by atoms with Crippen LogP contribution in [0.25, 0.3) is 17.0 Å². The van der Waals surface area contributed by atoms with Crippen molar-refractivity contribution in [2.45, 2.75) is 33.2 Å². The van der Waals surface area contributed by atoms with E-state index in [2.05, 4.69) is 46.0 Å². The summed E-state index contributed by atoms with van der Waals surface area (Å²) in [5.74, 6) is 1.80. The van der Waals surface area contributed by atoms with Gasteiger partial charge >= 0.3 is 0 Å². The van der Waals surface area contributed by atoms with Crippen LogP contribution in [0.5, 0.6) is 0 Å². The summed E-state index contributed by atoms with van der Waals surface area (Å²) in [6, 6.07) is 0. The summed E-state index contributed by atoms with van der Waals surface area (Å²) >= 11 is 0. The molecular formula is C14H18N6. The lowest BCUT2D eigenvalue weighted by atomic mass is 10.1. The van der Waals surface area contributed by atoms with Crippen molar-refractivity contribution in [2.75, 3.05) is 5.32 Å². The predicted octanol–water partition coefficient (Wildman–Crippen LogP) is 2.64. The minimum Gasteiger partial charge on any atom is -0.365 e. The summed E-state index contributed by atoms with van der Waals surface area (Å²) in [6.45, 7) is 8.28. The minimum atomic E-state index is -0.0701. The number of H-pyrrole nitrogens is 1. The van der Waals surface area contributed by atoms with Gasteiger partial charge in [0.25, 0.3) is 0 Å². The van der Waals surface area contributed by atoms with E-state index < -0.39 is 0 Å². The van der Waals surface area contributed by atoms with Gasteiger partial charge in [0.15, 0.2) is 5.65 Å². The molecule has 0 saturated carbocycles. The van der Waals surface area contributed by atoms with Crippen molar-refractivity contribution in [3.63, 3.8) is 0 Å². The third-order valence-electron chi connectivity index (χ3n) is 2.87. The normalized spacial score (nSPS) is 12.0. The van der Waals surface area contributed by atoms with Crippen LogP contribution in [0, 0.1) is 6.92 Å². The van der Waals surface area contributed by atoms with Crippen LogP contribution < -0.4 is 5.32 Å². The van der Waals surface area contributed by atoms with Crippen molar-refractivity contribution in [1.29, 1.82) is 0 Å². The first-order valence-corrected chi connectivity index (χ1v) is 6.57. The Kier molecular flexibility index (Phi) is 2.74. The number of anilines is 1. The summed E-state index contributed by atoms with van der Waals surface area (Å²) in [5, 5.41) is 3.50. The van der Waals surface area contributed by atoms with E-state index >= 15 is 0 Å². The molecule has 2 N–H and O–H groups in total. The standard InChI is InChI=1S/C14H18N6/c1-9-16-7-10(17-9)12-13(19-14(2,3)4)20-6-5-15-8-11(20)18-12/h5-8,19H,1-4H3,(H,16,17). The number of rotatable bonds is 2. The number of aromatic amines is 1. The quantitative estimate of drug-likeness (QED) is 0.751. The highest BCUT2D eigenvalue weighted by Gasteiger charge is 2.20. The molecule has 0 aromatic carbocycles. The van der Waals surface area contributed by atoms with Crippen molar-refractivity contribution in [1.82, 2.24) is 24.3 Å². The zero-order chi connectivity index (χ0) is 14.3. The van der Waals surface area contributed by atoms with Crippen molar-refractivity contribution in [2.24, 2.45) is 0 Å². The van der Waals surface area contributed by atoms with Gasteiger partial charge in [-0.1, -0.05) is 0 Å². The lowest BCUT2D eigenvalue weighted by molar-refractivity contribution is 0.629. The van der Waals surface area contributed by atoms with Gasteiger partial charge in [0.05, 0.1) is 6.20 Å². The van der Waals surface area contributed by atoms with Gasteiger partial charge < -0.3 is 10.3 Å². The molecule has 3 rings (SSSR count). The van der Waals surface area contributed by atoms with E-state index in [1.165, 1.54) is 0 Å². The van der Waals surface area contributed by atoms with Crippen molar-refractivity contribution in [3.05, 3.63) is 30.6 Å². The van der Waals surface area contributed by atoms with Crippen LogP contribution in [-0.2, 0) is 0 Å². The van der Waals surface area contributed by atoms with Gasteiger partial charge in [0.2, 0.25) is 0 Å².